The molecule has 3 aromatic rings. The van der Waals surface area contributed by atoms with Crippen molar-refractivity contribution >= 4 is 54.8 Å². The van der Waals surface area contributed by atoms with E-state index in [1.165, 1.54) is 0 Å². The van der Waals surface area contributed by atoms with Crippen molar-refractivity contribution in [3.8, 4) is 10.6 Å². The van der Waals surface area contributed by atoms with E-state index in [9.17, 15) is 0 Å². The van der Waals surface area contributed by atoms with Gasteiger partial charge < -0.3 is 5.73 Å². The van der Waals surface area contributed by atoms with Crippen LogP contribution in [0.1, 0.15) is 0 Å². The maximum atomic E-state index is 6.16. The summed E-state index contributed by atoms with van der Waals surface area (Å²) in [5, 5.41) is 1.61. The number of aromatic nitrogens is 1. The van der Waals surface area contributed by atoms with E-state index in [1.807, 2.05) is 36.4 Å². The quantitative estimate of drug-likeness (QED) is 0.636. The molecule has 2 nitrogen and oxygen atoms in total. The van der Waals surface area contributed by atoms with E-state index < -0.39 is 0 Å². The highest BCUT2D eigenvalue weighted by molar-refractivity contribution is 9.10. The van der Waals surface area contributed by atoms with Crippen LogP contribution >= 0.6 is 38.9 Å². The Morgan fingerprint density at radius 3 is 2.72 bits per heavy atom. The molecule has 0 bridgehead atoms. The van der Waals surface area contributed by atoms with Crippen LogP contribution in [0.2, 0.25) is 5.02 Å². The fraction of sp³-hybridized carbons (Fsp3) is 0. The van der Waals surface area contributed by atoms with Crippen LogP contribution in [0.25, 0.3) is 20.8 Å². The van der Waals surface area contributed by atoms with Crippen LogP contribution < -0.4 is 5.73 Å². The standard InChI is InChI=1S/C13H8BrClN2S/c14-8-4-1-3-7(11(8)16)13-17-10-6-2-5-9(15)12(10)18-13/h1-6H,16H2. The lowest BCUT2D eigenvalue weighted by Crippen LogP contribution is -1.90. The molecule has 0 radical (unpaired) electrons. The topological polar surface area (TPSA) is 38.9 Å². The molecular weight excluding hydrogens is 332 g/mol. The van der Waals surface area contributed by atoms with Gasteiger partial charge >= 0.3 is 0 Å². The Hall–Kier alpha value is -1.10. The van der Waals surface area contributed by atoms with Crippen molar-refractivity contribution in [3.63, 3.8) is 0 Å². The fourth-order valence-corrected chi connectivity index (χ4v) is 3.41. The third-order valence-electron chi connectivity index (χ3n) is 2.65. The number of hydrogen-bond acceptors (Lipinski definition) is 3. The molecule has 3 rings (SSSR count). The monoisotopic (exact) mass is 338 g/mol. The van der Waals surface area contributed by atoms with Crippen molar-refractivity contribution in [2.24, 2.45) is 0 Å². The van der Waals surface area contributed by atoms with Gasteiger partial charge in [-0.1, -0.05) is 23.7 Å². The third kappa shape index (κ3) is 1.90. The van der Waals surface area contributed by atoms with Crippen molar-refractivity contribution in [1.82, 2.24) is 4.98 Å². The lowest BCUT2D eigenvalue weighted by atomic mass is 10.2. The lowest BCUT2D eigenvalue weighted by Gasteiger charge is -2.03. The van der Waals surface area contributed by atoms with Gasteiger partial charge in [0.25, 0.3) is 0 Å². The van der Waals surface area contributed by atoms with E-state index in [4.69, 9.17) is 17.3 Å². The number of nitrogens with two attached hydrogens (primary N) is 1. The van der Waals surface area contributed by atoms with Crippen LogP contribution in [0.15, 0.2) is 40.9 Å². The molecule has 0 aliphatic heterocycles. The number of nitrogens with zero attached hydrogens (tertiary/aromatic N) is 1. The normalized spacial score (nSPS) is 11.0. The van der Waals surface area contributed by atoms with E-state index in [-0.39, 0.29) is 0 Å². The first-order valence-corrected chi connectivity index (χ1v) is 7.25. The predicted molar refractivity (Wildman–Crippen MR) is 82.2 cm³/mol. The number of benzene rings is 2. The molecule has 0 aliphatic carbocycles. The Kier molecular flexibility index (Phi) is 3.01. The van der Waals surface area contributed by atoms with Gasteiger partial charge in [-0.15, -0.1) is 11.3 Å². The predicted octanol–water partition coefficient (Wildman–Crippen LogP) is 4.96. The molecule has 0 fully saturated rings. The summed E-state index contributed by atoms with van der Waals surface area (Å²) in [5.41, 5.74) is 8.60. The second-order valence-electron chi connectivity index (χ2n) is 3.81. The van der Waals surface area contributed by atoms with Gasteiger partial charge in [-0.2, -0.15) is 0 Å². The average molecular weight is 340 g/mol. The highest BCUT2D eigenvalue weighted by Crippen LogP contribution is 2.38. The molecule has 18 heavy (non-hydrogen) atoms. The first-order chi connectivity index (χ1) is 8.66. The van der Waals surface area contributed by atoms with Gasteiger partial charge in [0.1, 0.15) is 5.01 Å². The minimum Gasteiger partial charge on any atom is -0.397 e. The molecule has 2 N–H and O–H groups in total. The maximum Gasteiger partial charge on any atom is 0.126 e. The van der Waals surface area contributed by atoms with Gasteiger partial charge in [0.05, 0.1) is 20.9 Å². The molecule has 0 saturated heterocycles. The number of anilines is 1. The molecule has 0 amide bonds. The van der Waals surface area contributed by atoms with Crippen LogP contribution in [0.4, 0.5) is 5.69 Å². The first-order valence-electron chi connectivity index (χ1n) is 5.26. The molecule has 0 unspecified atom stereocenters. The Bertz CT molecular complexity index is 739. The highest BCUT2D eigenvalue weighted by atomic mass is 79.9. The molecule has 0 spiro atoms. The van der Waals surface area contributed by atoms with E-state index in [2.05, 4.69) is 20.9 Å². The summed E-state index contributed by atoms with van der Waals surface area (Å²) >= 11 is 11.1. The number of halogens is 2. The minimum absolute atomic E-state index is 0.702. The molecule has 0 atom stereocenters. The Morgan fingerprint density at radius 1 is 1.17 bits per heavy atom. The van der Waals surface area contributed by atoms with Crippen molar-refractivity contribution in [2.75, 3.05) is 5.73 Å². The van der Waals surface area contributed by atoms with Crippen molar-refractivity contribution < 1.29 is 0 Å². The van der Waals surface area contributed by atoms with E-state index in [1.54, 1.807) is 11.3 Å². The summed E-state index contributed by atoms with van der Waals surface area (Å²) < 4.78 is 1.87. The Labute approximate surface area is 122 Å². The van der Waals surface area contributed by atoms with Gasteiger partial charge in [0, 0.05) is 10.0 Å². The molecule has 0 saturated carbocycles. The summed E-state index contributed by atoms with van der Waals surface area (Å²) in [5.74, 6) is 0. The Morgan fingerprint density at radius 2 is 1.94 bits per heavy atom. The summed E-state index contributed by atoms with van der Waals surface area (Å²) in [4.78, 5) is 4.58. The summed E-state index contributed by atoms with van der Waals surface area (Å²) in [6, 6.07) is 11.6. The summed E-state index contributed by atoms with van der Waals surface area (Å²) in [6.07, 6.45) is 0. The molecule has 1 heterocycles. The largest absolute Gasteiger partial charge is 0.397 e. The van der Waals surface area contributed by atoms with Crippen molar-refractivity contribution in [1.29, 1.82) is 0 Å². The zero-order valence-electron chi connectivity index (χ0n) is 9.15. The lowest BCUT2D eigenvalue weighted by molar-refractivity contribution is 1.47. The van der Waals surface area contributed by atoms with Crippen LogP contribution in [0.3, 0.4) is 0 Å². The minimum atomic E-state index is 0.702. The van der Waals surface area contributed by atoms with Crippen LogP contribution in [0, 0.1) is 0 Å². The van der Waals surface area contributed by atoms with Crippen molar-refractivity contribution in [2.45, 2.75) is 0 Å². The zero-order valence-corrected chi connectivity index (χ0v) is 12.3. The molecule has 5 heteroatoms. The van der Waals surface area contributed by atoms with Crippen LogP contribution in [-0.2, 0) is 0 Å². The van der Waals surface area contributed by atoms with Gasteiger partial charge in [0.15, 0.2) is 0 Å². The number of hydrogen-bond donors (Lipinski definition) is 1. The van der Waals surface area contributed by atoms with Gasteiger partial charge in [-0.05, 0) is 40.2 Å². The smallest absolute Gasteiger partial charge is 0.126 e. The number of fused-ring (bicyclic) bond motifs is 1. The van der Waals surface area contributed by atoms with Gasteiger partial charge in [-0.25, -0.2) is 4.98 Å². The second kappa shape index (κ2) is 4.53. The average Bonchev–Trinajstić information content (AvgIpc) is 2.78. The molecule has 90 valence electrons. The van der Waals surface area contributed by atoms with Gasteiger partial charge in [-0.3, -0.25) is 0 Å². The first kappa shape index (κ1) is 12.0. The summed E-state index contributed by atoms with van der Waals surface area (Å²) in [7, 11) is 0. The molecule has 1 aromatic heterocycles. The zero-order chi connectivity index (χ0) is 12.7. The number of rotatable bonds is 1. The maximum absolute atomic E-state index is 6.16. The van der Waals surface area contributed by atoms with Gasteiger partial charge in [0.2, 0.25) is 0 Å². The highest BCUT2D eigenvalue weighted by Gasteiger charge is 2.12. The SMILES string of the molecule is Nc1c(Br)cccc1-c1nc2cccc(Cl)c2s1. The van der Waals surface area contributed by atoms with Crippen LogP contribution in [-0.4, -0.2) is 4.98 Å². The summed E-state index contributed by atoms with van der Waals surface area (Å²) in [6.45, 7) is 0. The molecular formula is C13H8BrClN2S. The number of nitrogen functional groups attached to an aromatic ring is 1. The second-order valence-corrected chi connectivity index (χ2v) is 6.07. The van der Waals surface area contributed by atoms with Crippen LogP contribution in [0.5, 0.6) is 0 Å². The Balaban J connectivity index is 2.26. The third-order valence-corrected chi connectivity index (χ3v) is 4.91. The van der Waals surface area contributed by atoms with Crippen molar-refractivity contribution in [3.05, 3.63) is 45.9 Å². The number of para-hydroxylation sites is 1. The molecule has 0 aliphatic rings. The fourth-order valence-electron chi connectivity index (χ4n) is 1.75. The molecule has 2 aromatic carbocycles. The van der Waals surface area contributed by atoms with E-state index in [0.717, 1.165) is 30.3 Å². The van der Waals surface area contributed by atoms with E-state index >= 15 is 0 Å². The van der Waals surface area contributed by atoms with E-state index in [0.29, 0.717) is 5.69 Å². The number of thiazole rings is 1.